The first-order valence-electron chi connectivity index (χ1n) is 8.10. The van der Waals surface area contributed by atoms with E-state index in [9.17, 15) is 0 Å². The zero-order valence-electron chi connectivity index (χ0n) is 13.6. The van der Waals surface area contributed by atoms with Crippen molar-refractivity contribution in [1.29, 1.82) is 5.41 Å². The molecule has 0 aromatic carbocycles. The van der Waals surface area contributed by atoms with E-state index in [0.29, 0.717) is 5.92 Å². The van der Waals surface area contributed by atoms with Crippen LogP contribution in [0.15, 0.2) is 28.5 Å². The van der Waals surface area contributed by atoms with Crippen LogP contribution in [0.1, 0.15) is 40.0 Å². The molecule has 0 aromatic heterocycles. The molecule has 1 aliphatic carbocycles. The Balaban J connectivity index is 2.27. The van der Waals surface area contributed by atoms with Crippen LogP contribution >= 0.6 is 0 Å². The minimum atomic E-state index is 0.457. The van der Waals surface area contributed by atoms with Crippen molar-refractivity contribution in [3.05, 3.63) is 23.5 Å². The van der Waals surface area contributed by atoms with Crippen molar-refractivity contribution < 1.29 is 0 Å². The van der Waals surface area contributed by atoms with Gasteiger partial charge in [0.15, 0.2) is 0 Å². The van der Waals surface area contributed by atoms with Crippen LogP contribution in [0.25, 0.3) is 0 Å². The molecule has 0 radical (unpaired) electrons. The molecule has 2 N–H and O–H groups in total. The number of nitrogens with zero attached hydrogens (tertiary/aromatic N) is 2. The Morgan fingerprint density at radius 1 is 1.29 bits per heavy atom. The lowest BCUT2D eigenvalue weighted by Gasteiger charge is -2.32. The molecule has 0 aromatic rings. The van der Waals surface area contributed by atoms with Gasteiger partial charge >= 0.3 is 0 Å². The maximum atomic E-state index is 8.52. The van der Waals surface area contributed by atoms with Crippen molar-refractivity contribution in [2.75, 3.05) is 26.2 Å². The molecule has 2 rings (SSSR count). The molecule has 0 unspecified atom stereocenters. The number of hydrogen-bond donors (Lipinski definition) is 2. The molecule has 4 nitrogen and oxygen atoms in total. The standard InChI is InChI=1S/C17H28N4/c1-4-5-8-20-13(2)16(17(18)15-6-7-15)14(3)21-11-9-19-10-12-21/h5,8,15,18-19H,4,6-7,9-12H2,1-3H3/b8-5+,16-14-,18-17?,20-13+. The summed E-state index contributed by atoms with van der Waals surface area (Å²) in [5, 5.41) is 11.9. The first-order valence-corrected chi connectivity index (χ1v) is 8.10. The monoisotopic (exact) mass is 288 g/mol. The normalized spacial score (nSPS) is 21.7. The van der Waals surface area contributed by atoms with E-state index >= 15 is 0 Å². The van der Waals surface area contributed by atoms with Gasteiger partial charge < -0.3 is 15.6 Å². The third-order valence-electron chi connectivity index (χ3n) is 4.18. The van der Waals surface area contributed by atoms with Crippen molar-refractivity contribution in [1.82, 2.24) is 10.2 Å². The summed E-state index contributed by atoms with van der Waals surface area (Å²) in [6.45, 7) is 10.4. The van der Waals surface area contributed by atoms with Gasteiger partial charge in [0.2, 0.25) is 0 Å². The Kier molecular flexibility index (Phi) is 5.74. The lowest BCUT2D eigenvalue weighted by Crippen LogP contribution is -2.43. The minimum absolute atomic E-state index is 0.457. The molecule has 1 aliphatic heterocycles. The Bertz CT molecular complexity index is 463. The fraction of sp³-hybridized carbons (Fsp3) is 0.647. The summed E-state index contributed by atoms with van der Waals surface area (Å²) in [4.78, 5) is 6.95. The largest absolute Gasteiger partial charge is 0.372 e. The van der Waals surface area contributed by atoms with Gasteiger partial charge in [0, 0.05) is 61.0 Å². The number of piperazine rings is 1. The highest BCUT2D eigenvalue weighted by Gasteiger charge is 2.31. The Morgan fingerprint density at radius 3 is 2.52 bits per heavy atom. The van der Waals surface area contributed by atoms with Crippen LogP contribution in [-0.2, 0) is 0 Å². The molecular weight excluding hydrogens is 260 g/mol. The van der Waals surface area contributed by atoms with Crippen LogP contribution in [0.4, 0.5) is 0 Å². The van der Waals surface area contributed by atoms with E-state index in [1.54, 1.807) is 0 Å². The van der Waals surface area contributed by atoms with E-state index < -0.39 is 0 Å². The highest BCUT2D eigenvalue weighted by Crippen LogP contribution is 2.34. The minimum Gasteiger partial charge on any atom is -0.372 e. The molecule has 116 valence electrons. The third-order valence-corrected chi connectivity index (χ3v) is 4.18. The topological polar surface area (TPSA) is 51.5 Å². The number of hydrogen-bond acceptors (Lipinski definition) is 4. The van der Waals surface area contributed by atoms with Gasteiger partial charge in [-0.05, 0) is 33.1 Å². The molecule has 0 amide bonds. The van der Waals surface area contributed by atoms with E-state index in [0.717, 1.165) is 62.4 Å². The molecule has 0 atom stereocenters. The van der Waals surface area contributed by atoms with Gasteiger partial charge in [-0.25, -0.2) is 0 Å². The predicted octanol–water partition coefficient (Wildman–Crippen LogP) is 2.98. The molecular formula is C17H28N4. The smallest absolute Gasteiger partial charge is 0.0480 e. The number of allylic oxidation sites excluding steroid dienone is 3. The molecule has 2 fully saturated rings. The van der Waals surface area contributed by atoms with E-state index in [-0.39, 0.29) is 0 Å². The quantitative estimate of drug-likeness (QED) is 0.738. The highest BCUT2D eigenvalue weighted by molar-refractivity contribution is 6.24. The summed E-state index contributed by atoms with van der Waals surface area (Å²) in [6.07, 6.45) is 7.25. The number of nitrogens with one attached hydrogen (secondary N) is 2. The fourth-order valence-corrected chi connectivity index (χ4v) is 2.72. The van der Waals surface area contributed by atoms with Crippen LogP contribution in [0.5, 0.6) is 0 Å². The van der Waals surface area contributed by atoms with Crippen molar-refractivity contribution in [3.8, 4) is 0 Å². The van der Waals surface area contributed by atoms with Crippen molar-refractivity contribution in [2.24, 2.45) is 10.9 Å². The molecule has 1 heterocycles. The lowest BCUT2D eigenvalue weighted by molar-refractivity contribution is 0.299. The Morgan fingerprint density at radius 2 is 1.95 bits per heavy atom. The molecule has 1 saturated carbocycles. The molecule has 0 bridgehead atoms. The van der Waals surface area contributed by atoms with Crippen molar-refractivity contribution in [3.63, 3.8) is 0 Å². The van der Waals surface area contributed by atoms with E-state index in [1.165, 1.54) is 5.70 Å². The average molecular weight is 288 g/mol. The van der Waals surface area contributed by atoms with Crippen LogP contribution < -0.4 is 5.32 Å². The van der Waals surface area contributed by atoms with Crippen LogP contribution in [0.2, 0.25) is 0 Å². The van der Waals surface area contributed by atoms with Gasteiger partial charge in [-0.2, -0.15) is 0 Å². The van der Waals surface area contributed by atoms with E-state index in [4.69, 9.17) is 5.41 Å². The molecule has 2 aliphatic rings. The summed E-state index contributed by atoms with van der Waals surface area (Å²) >= 11 is 0. The maximum Gasteiger partial charge on any atom is 0.0480 e. The number of aliphatic imine (C=N–C) groups is 1. The van der Waals surface area contributed by atoms with Crippen LogP contribution in [0.3, 0.4) is 0 Å². The second-order valence-electron chi connectivity index (χ2n) is 5.89. The second-order valence-corrected chi connectivity index (χ2v) is 5.89. The summed E-state index contributed by atoms with van der Waals surface area (Å²) < 4.78 is 0. The zero-order valence-corrected chi connectivity index (χ0v) is 13.6. The Hall–Kier alpha value is -1.42. The summed E-state index contributed by atoms with van der Waals surface area (Å²) in [7, 11) is 0. The van der Waals surface area contributed by atoms with Gasteiger partial charge in [-0.15, -0.1) is 0 Å². The summed E-state index contributed by atoms with van der Waals surface area (Å²) in [5.74, 6) is 0.457. The maximum absolute atomic E-state index is 8.52. The van der Waals surface area contributed by atoms with E-state index in [1.807, 2.05) is 13.1 Å². The SMILES string of the molecule is CC/C=C/N=C(C)/C(C(=N)C1CC1)=C(\C)N1CCNCC1. The van der Waals surface area contributed by atoms with Gasteiger partial charge in [0.05, 0.1) is 0 Å². The van der Waals surface area contributed by atoms with Gasteiger partial charge in [-0.1, -0.05) is 13.0 Å². The van der Waals surface area contributed by atoms with Gasteiger partial charge in [-0.3, -0.25) is 4.99 Å². The second kappa shape index (κ2) is 7.55. The first kappa shape index (κ1) is 16.0. The molecule has 1 saturated heterocycles. The predicted molar refractivity (Wildman–Crippen MR) is 90.1 cm³/mol. The summed E-state index contributed by atoms with van der Waals surface area (Å²) in [6, 6.07) is 0. The molecule has 0 spiro atoms. The van der Waals surface area contributed by atoms with E-state index in [2.05, 4.69) is 35.1 Å². The Labute approximate surface area is 128 Å². The van der Waals surface area contributed by atoms with Crippen molar-refractivity contribution >= 4 is 11.4 Å². The number of rotatable bonds is 6. The zero-order chi connectivity index (χ0) is 15.2. The molecule has 21 heavy (non-hydrogen) atoms. The highest BCUT2D eigenvalue weighted by atomic mass is 15.2. The molecule has 4 heteroatoms. The average Bonchev–Trinajstić information content (AvgIpc) is 3.33. The summed E-state index contributed by atoms with van der Waals surface area (Å²) in [5.41, 5.74) is 4.06. The van der Waals surface area contributed by atoms with Crippen LogP contribution in [-0.4, -0.2) is 42.5 Å². The fourth-order valence-electron chi connectivity index (χ4n) is 2.72. The van der Waals surface area contributed by atoms with Crippen molar-refractivity contribution in [2.45, 2.75) is 40.0 Å². The van der Waals surface area contributed by atoms with Crippen LogP contribution in [0, 0.1) is 11.3 Å². The lowest BCUT2D eigenvalue weighted by atomic mass is 9.99. The van der Waals surface area contributed by atoms with Gasteiger partial charge in [0.1, 0.15) is 0 Å². The van der Waals surface area contributed by atoms with Gasteiger partial charge in [0.25, 0.3) is 0 Å². The first-order chi connectivity index (χ1) is 10.1. The third kappa shape index (κ3) is 4.27.